The van der Waals surface area contributed by atoms with Crippen LogP contribution in [0.3, 0.4) is 0 Å². The third-order valence-electron chi connectivity index (χ3n) is 9.84. The summed E-state index contributed by atoms with van der Waals surface area (Å²) in [5, 5.41) is 17.6. The first-order valence-corrected chi connectivity index (χ1v) is 18.6. The minimum absolute atomic E-state index is 0.0479. The molecule has 5 rings (SSSR count). The number of nitrogens with zero attached hydrogens (tertiary/aromatic N) is 4. The van der Waals surface area contributed by atoms with Crippen LogP contribution in [0.2, 0.25) is 0 Å². The van der Waals surface area contributed by atoms with Crippen molar-refractivity contribution in [2.45, 2.75) is 103 Å². The number of aryl methyl sites for hydroxylation is 3. The van der Waals surface area contributed by atoms with E-state index < -0.39 is 23.2 Å². The highest BCUT2D eigenvalue weighted by Gasteiger charge is 2.41. The highest BCUT2D eigenvalue weighted by molar-refractivity contribution is 7.90. The van der Waals surface area contributed by atoms with Gasteiger partial charge in [0.15, 0.2) is 0 Å². The Hall–Kier alpha value is -3.25. The van der Waals surface area contributed by atoms with E-state index >= 15 is 4.39 Å². The van der Waals surface area contributed by atoms with Gasteiger partial charge in [-0.1, -0.05) is 82.3 Å². The molecule has 0 spiro atoms. The monoisotopic (exact) mass is 653 g/mol. The van der Waals surface area contributed by atoms with Crippen LogP contribution in [0, 0.1) is 30.6 Å². The van der Waals surface area contributed by atoms with Crippen molar-refractivity contribution in [2.75, 3.05) is 17.3 Å². The third kappa shape index (κ3) is 8.17. The van der Waals surface area contributed by atoms with Crippen LogP contribution in [0.15, 0.2) is 24.4 Å². The van der Waals surface area contributed by atoms with Crippen molar-refractivity contribution >= 4 is 28.8 Å². The number of hydrogen-bond acceptors (Lipinski definition) is 6. The van der Waals surface area contributed by atoms with E-state index in [1.54, 1.807) is 35.3 Å². The zero-order chi connectivity index (χ0) is 32.6. The summed E-state index contributed by atoms with van der Waals surface area (Å²) in [6, 6.07) is 4.08. The number of amides is 2. The highest BCUT2D eigenvalue weighted by Crippen LogP contribution is 2.42. The van der Waals surface area contributed by atoms with Gasteiger partial charge in [0, 0.05) is 36.0 Å². The molecule has 2 fully saturated rings. The smallest absolute Gasteiger partial charge is 0.270 e. The van der Waals surface area contributed by atoms with Gasteiger partial charge in [0.1, 0.15) is 23.3 Å². The molecule has 2 aliphatic carbocycles. The molecule has 2 amide bonds. The van der Waals surface area contributed by atoms with Crippen LogP contribution < -0.4 is 10.6 Å². The van der Waals surface area contributed by atoms with Gasteiger partial charge in [0.25, 0.3) is 5.91 Å². The molecule has 0 bridgehead atoms. The first kappa shape index (κ1) is 34.1. The lowest BCUT2D eigenvalue weighted by Gasteiger charge is -2.41. The zero-order valence-electron chi connectivity index (χ0n) is 27.3. The van der Waals surface area contributed by atoms with E-state index in [1.165, 1.54) is 12.8 Å². The fourth-order valence-corrected chi connectivity index (χ4v) is 8.17. The van der Waals surface area contributed by atoms with Gasteiger partial charge in [-0.3, -0.25) is 19.4 Å². The predicted octanol–water partition coefficient (Wildman–Crippen LogP) is 5.96. The minimum Gasteiger partial charge on any atom is -0.617 e. The number of anilines is 1. The van der Waals surface area contributed by atoms with Gasteiger partial charge in [-0.25, -0.2) is 4.98 Å². The van der Waals surface area contributed by atoms with Crippen molar-refractivity contribution in [3.05, 3.63) is 47.4 Å². The summed E-state index contributed by atoms with van der Waals surface area (Å²) >= 11 is -0.939. The average Bonchev–Trinajstić information content (AvgIpc) is 3.68. The van der Waals surface area contributed by atoms with E-state index in [0.717, 1.165) is 57.1 Å². The average molecular weight is 654 g/mol. The van der Waals surface area contributed by atoms with Crippen molar-refractivity contribution in [1.82, 2.24) is 30.3 Å². The molecule has 1 unspecified atom stereocenters. The number of nitrogens with one attached hydrogen (secondary N) is 3. The Kier molecular flexibility index (Phi) is 11.9. The number of hydrogen-bond donors (Lipinski definition) is 3. The molecule has 3 aromatic heterocycles. The molecule has 12 heteroatoms. The fraction of sp³-hybridized carbons (Fsp3) is 0.618. The first-order valence-electron chi connectivity index (χ1n) is 16.9. The van der Waals surface area contributed by atoms with E-state index in [1.807, 2.05) is 13.8 Å². The van der Waals surface area contributed by atoms with E-state index in [0.29, 0.717) is 59.5 Å². The van der Waals surface area contributed by atoms with Crippen molar-refractivity contribution in [2.24, 2.45) is 17.8 Å². The van der Waals surface area contributed by atoms with Crippen LogP contribution in [0.1, 0.15) is 99.4 Å². The SMILES string of the molecule is CCc1[nH]nc(C)c1-c1ccc(NC(=O)[C@@H](NC(=O)c2ccnn2CCC[S+](C)[O-])C(C2CCCCC2)C2CCCCC2)nc1F. The van der Waals surface area contributed by atoms with Crippen LogP contribution in [-0.2, 0) is 28.9 Å². The molecule has 3 N–H and O–H groups in total. The number of aromatic nitrogens is 5. The molecule has 2 saturated carbocycles. The summed E-state index contributed by atoms with van der Waals surface area (Å²) in [4.78, 5) is 32.3. The van der Waals surface area contributed by atoms with Gasteiger partial charge in [-0.15, -0.1) is 0 Å². The van der Waals surface area contributed by atoms with Crippen LogP contribution >= 0.6 is 0 Å². The number of carbonyl (C=O) groups excluding carboxylic acids is 2. The third-order valence-corrected chi connectivity index (χ3v) is 10.7. The van der Waals surface area contributed by atoms with Crippen molar-refractivity contribution in [3.63, 3.8) is 0 Å². The molecular formula is C34H48FN7O3S. The summed E-state index contributed by atoms with van der Waals surface area (Å²) in [6.07, 6.45) is 15.4. The standard InChI is InChI=1S/C34H48FN7O3S/c1-4-26-29(22(2)40-41-26)25-16-17-28(37-32(25)35)38-34(44)31(30(23-12-7-5-8-13-23)24-14-9-6-10-15-24)39-33(43)27-18-19-36-42(27)20-11-21-46(3)45/h16-19,23-24,30-31H,4-15,20-21H2,1-3H3,(H,39,43)(H,40,41)(H,37,38,44)/t31-,46?/m0/s1. The molecule has 10 nitrogen and oxygen atoms in total. The second-order valence-electron chi connectivity index (χ2n) is 12.9. The van der Waals surface area contributed by atoms with E-state index in [9.17, 15) is 14.1 Å². The maximum Gasteiger partial charge on any atom is 0.270 e. The number of halogens is 1. The molecular weight excluding hydrogens is 605 g/mol. The topological polar surface area (TPSA) is 141 Å². The van der Waals surface area contributed by atoms with Crippen LogP contribution in [0.4, 0.5) is 10.2 Å². The fourth-order valence-electron chi connectivity index (χ4n) is 7.63. The van der Waals surface area contributed by atoms with Gasteiger partial charge in [-0.2, -0.15) is 14.6 Å². The van der Waals surface area contributed by atoms with Gasteiger partial charge in [0.05, 0.1) is 11.9 Å². The van der Waals surface area contributed by atoms with Crippen molar-refractivity contribution < 1.29 is 18.5 Å². The van der Waals surface area contributed by atoms with Crippen LogP contribution in [0.5, 0.6) is 0 Å². The Balaban J connectivity index is 1.43. The number of aromatic amines is 1. The van der Waals surface area contributed by atoms with Gasteiger partial charge in [-0.05, 0) is 49.3 Å². The Morgan fingerprint density at radius 2 is 1.76 bits per heavy atom. The lowest BCUT2D eigenvalue weighted by molar-refractivity contribution is -0.121. The molecule has 0 aromatic carbocycles. The largest absolute Gasteiger partial charge is 0.617 e. The van der Waals surface area contributed by atoms with Crippen LogP contribution in [0.25, 0.3) is 11.1 Å². The van der Waals surface area contributed by atoms with Crippen LogP contribution in [-0.4, -0.2) is 59.4 Å². The molecule has 3 heterocycles. The van der Waals surface area contributed by atoms with E-state index in [2.05, 4.69) is 30.9 Å². The van der Waals surface area contributed by atoms with Crippen molar-refractivity contribution in [3.8, 4) is 11.1 Å². The number of H-pyrrole nitrogens is 1. The summed E-state index contributed by atoms with van der Waals surface area (Å²) in [6.45, 7) is 4.24. The maximum absolute atomic E-state index is 15.5. The summed E-state index contributed by atoms with van der Waals surface area (Å²) in [5.41, 5.74) is 2.88. The van der Waals surface area contributed by atoms with Crippen molar-refractivity contribution in [1.29, 1.82) is 0 Å². The Labute approximate surface area is 274 Å². The quantitative estimate of drug-likeness (QED) is 0.154. The Morgan fingerprint density at radius 1 is 1.09 bits per heavy atom. The molecule has 2 atom stereocenters. The summed E-state index contributed by atoms with van der Waals surface area (Å²) in [5.74, 6) is -0.257. The number of rotatable bonds is 13. The lowest BCUT2D eigenvalue weighted by atomic mass is 9.66. The lowest BCUT2D eigenvalue weighted by Crippen LogP contribution is -2.53. The van der Waals surface area contributed by atoms with Gasteiger partial charge in [0.2, 0.25) is 11.9 Å². The Morgan fingerprint density at radius 3 is 2.37 bits per heavy atom. The summed E-state index contributed by atoms with van der Waals surface area (Å²) in [7, 11) is 0. The maximum atomic E-state index is 15.5. The second kappa shape index (κ2) is 16.0. The second-order valence-corrected chi connectivity index (χ2v) is 14.5. The number of carbonyl (C=O) groups is 2. The highest BCUT2D eigenvalue weighted by atomic mass is 32.2. The molecule has 250 valence electrons. The zero-order valence-corrected chi connectivity index (χ0v) is 28.1. The molecule has 0 radical (unpaired) electrons. The molecule has 3 aromatic rings. The van der Waals surface area contributed by atoms with E-state index in [4.69, 9.17) is 0 Å². The molecule has 46 heavy (non-hydrogen) atoms. The molecule has 2 aliphatic rings. The summed E-state index contributed by atoms with van der Waals surface area (Å²) < 4.78 is 28.7. The minimum atomic E-state index is -0.939. The molecule has 0 saturated heterocycles. The van der Waals surface area contributed by atoms with Gasteiger partial charge >= 0.3 is 0 Å². The normalized spacial score (nSPS) is 17.6. The Bertz CT molecular complexity index is 1440. The molecule has 0 aliphatic heterocycles. The number of pyridine rings is 1. The predicted molar refractivity (Wildman–Crippen MR) is 178 cm³/mol. The van der Waals surface area contributed by atoms with Gasteiger partial charge < -0.3 is 15.2 Å². The van der Waals surface area contributed by atoms with E-state index in [-0.39, 0.29) is 23.6 Å². The first-order chi connectivity index (χ1) is 22.3.